The number of hydrogen-bond donors (Lipinski definition) is 0. The molecule has 1 saturated carbocycles. The minimum absolute atomic E-state index is 0.0682. The van der Waals surface area contributed by atoms with E-state index in [0.29, 0.717) is 0 Å². The molecule has 0 N–H and O–H groups in total. The molecule has 1 unspecified atom stereocenters. The Morgan fingerprint density at radius 1 is 1.22 bits per heavy atom. The van der Waals surface area contributed by atoms with Crippen molar-refractivity contribution in [2.24, 2.45) is 0 Å². The van der Waals surface area contributed by atoms with Crippen molar-refractivity contribution >= 4 is 11.7 Å². The maximum absolute atomic E-state index is 13.0. The van der Waals surface area contributed by atoms with Crippen LogP contribution in [0.2, 0.25) is 0 Å². The van der Waals surface area contributed by atoms with Crippen LogP contribution in [-0.4, -0.2) is 35.8 Å². The quantitative estimate of drug-likeness (QED) is 0.856. The summed E-state index contributed by atoms with van der Waals surface area (Å²) in [6.07, 6.45) is 6.42. The number of ether oxygens (including phenoxy) is 1. The molecular weight excluding hydrogens is 290 g/mol. The van der Waals surface area contributed by atoms with Gasteiger partial charge >= 0.3 is 0 Å². The molecule has 1 heterocycles. The first-order valence-electron chi connectivity index (χ1n) is 8.51. The number of nitrogens with zero attached hydrogens (tertiary/aromatic N) is 1. The molecule has 1 spiro atoms. The van der Waals surface area contributed by atoms with Crippen LogP contribution in [0.5, 0.6) is 5.75 Å². The van der Waals surface area contributed by atoms with E-state index in [0.717, 1.165) is 43.4 Å². The zero-order chi connectivity index (χ0) is 16.4. The molecule has 3 rings (SSSR count). The molecule has 0 bridgehead atoms. The third-order valence-corrected chi connectivity index (χ3v) is 5.40. The van der Waals surface area contributed by atoms with Crippen molar-refractivity contribution in [3.63, 3.8) is 0 Å². The number of rotatable bonds is 4. The number of carbonyl (C=O) groups excluding carboxylic acids is 2. The van der Waals surface area contributed by atoms with E-state index in [-0.39, 0.29) is 29.7 Å². The average Bonchev–Trinajstić information content (AvgIpc) is 2.81. The molecular formula is C19H25NO3. The van der Waals surface area contributed by atoms with E-state index in [9.17, 15) is 9.59 Å². The average molecular weight is 315 g/mol. The zero-order valence-corrected chi connectivity index (χ0v) is 14.0. The highest BCUT2D eigenvalue weighted by Gasteiger charge is 2.51. The minimum Gasteiger partial charge on any atom is -0.497 e. The monoisotopic (exact) mass is 315 g/mol. The highest BCUT2D eigenvalue weighted by atomic mass is 16.5. The van der Waals surface area contributed by atoms with Crippen molar-refractivity contribution in [2.45, 2.75) is 56.9 Å². The molecule has 4 heteroatoms. The first-order valence-corrected chi connectivity index (χ1v) is 8.51. The standard InChI is InChI=1S/C19H25NO3/c1-14(21)13-20-18(22)17(12-19(20)10-4-3-5-11-19)15-6-8-16(23-2)9-7-15/h6-9,17H,3-5,10-13H2,1-2H3. The van der Waals surface area contributed by atoms with Gasteiger partial charge in [-0.2, -0.15) is 0 Å². The molecule has 124 valence electrons. The van der Waals surface area contributed by atoms with Gasteiger partial charge in [-0.1, -0.05) is 31.4 Å². The number of amides is 1. The Morgan fingerprint density at radius 3 is 2.43 bits per heavy atom. The molecule has 2 fully saturated rings. The van der Waals surface area contributed by atoms with Crippen LogP contribution >= 0.6 is 0 Å². The topological polar surface area (TPSA) is 46.6 Å². The zero-order valence-electron chi connectivity index (χ0n) is 14.0. The lowest BCUT2D eigenvalue weighted by atomic mass is 9.77. The second-order valence-corrected chi connectivity index (χ2v) is 6.94. The predicted molar refractivity (Wildman–Crippen MR) is 88.6 cm³/mol. The molecule has 0 aromatic heterocycles. The Morgan fingerprint density at radius 2 is 1.87 bits per heavy atom. The molecule has 1 aromatic carbocycles. The summed E-state index contributed by atoms with van der Waals surface area (Å²) in [7, 11) is 1.64. The molecule has 1 atom stereocenters. The summed E-state index contributed by atoms with van der Waals surface area (Å²) in [6, 6.07) is 7.78. The predicted octanol–water partition coefficient (Wildman–Crippen LogP) is 3.30. The highest BCUT2D eigenvalue weighted by molar-refractivity contribution is 5.91. The van der Waals surface area contributed by atoms with Gasteiger partial charge < -0.3 is 9.64 Å². The van der Waals surface area contributed by atoms with E-state index in [1.54, 1.807) is 14.0 Å². The third kappa shape index (κ3) is 2.99. The molecule has 1 aliphatic carbocycles. The molecule has 2 aliphatic rings. The highest BCUT2D eigenvalue weighted by Crippen LogP contribution is 2.47. The minimum atomic E-state index is -0.127. The second-order valence-electron chi connectivity index (χ2n) is 6.94. The molecule has 23 heavy (non-hydrogen) atoms. The van der Waals surface area contributed by atoms with Gasteiger partial charge in [0, 0.05) is 5.54 Å². The van der Waals surface area contributed by atoms with Crippen molar-refractivity contribution in [1.82, 2.24) is 4.90 Å². The molecule has 1 aromatic rings. The number of benzene rings is 1. The summed E-state index contributed by atoms with van der Waals surface area (Å²) in [5, 5.41) is 0. The summed E-state index contributed by atoms with van der Waals surface area (Å²) in [5.41, 5.74) is 0.929. The number of methoxy groups -OCH3 is 1. The van der Waals surface area contributed by atoms with Crippen LogP contribution < -0.4 is 4.74 Å². The van der Waals surface area contributed by atoms with Gasteiger partial charge in [-0.05, 0) is 43.9 Å². The first-order chi connectivity index (χ1) is 11.1. The Hall–Kier alpha value is -1.84. The van der Waals surface area contributed by atoms with Crippen molar-refractivity contribution in [1.29, 1.82) is 0 Å². The largest absolute Gasteiger partial charge is 0.497 e. The van der Waals surface area contributed by atoms with Crippen LogP contribution in [0.15, 0.2) is 24.3 Å². The molecule has 0 radical (unpaired) electrons. The molecule has 1 amide bonds. The van der Waals surface area contributed by atoms with E-state index >= 15 is 0 Å². The van der Waals surface area contributed by atoms with Crippen molar-refractivity contribution in [3.8, 4) is 5.75 Å². The molecule has 1 aliphatic heterocycles. The van der Waals surface area contributed by atoms with E-state index in [4.69, 9.17) is 4.74 Å². The second kappa shape index (κ2) is 6.34. The van der Waals surface area contributed by atoms with Crippen molar-refractivity contribution < 1.29 is 14.3 Å². The maximum Gasteiger partial charge on any atom is 0.231 e. The third-order valence-electron chi connectivity index (χ3n) is 5.40. The summed E-state index contributed by atoms with van der Waals surface area (Å²) < 4.78 is 5.20. The Balaban J connectivity index is 1.90. The smallest absolute Gasteiger partial charge is 0.231 e. The van der Waals surface area contributed by atoms with E-state index < -0.39 is 0 Å². The van der Waals surface area contributed by atoms with Crippen LogP contribution in [0.25, 0.3) is 0 Å². The van der Waals surface area contributed by atoms with Gasteiger partial charge in [-0.3, -0.25) is 9.59 Å². The van der Waals surface area contributed by atoms with Crippen molar-refractivity contribution in [3.05, 3.63) is 29.8 Å². The van der Waals surface area contributed by atoms with Crippen LogP contribution in [0.4, 0.5) is 0 Å². The lowest BCUT2D eigenvalue weighted by Crippen LogP contribution is -2.49. The van der Waals surface area contributed by atoms with E-state index in [1.807, 2.05) is 29.2 Å². The SMILES string of the molecule is COc1ccc(C2CC3(CCCCC3)N(CC(C)=O)C2=O)cc1. The summed E-state index contributed by atoms with van der Waals surface area (Å²) in [4.78, 5) is 26.6. The fraction of sp³-hybridized carbons (Fsp3) is 0.579. The van der Waals surface area contributed by atoms with E-state index in [2.05, 4.69) is 0 Å². The van der Waals surface area contributed by atoms with Gasteiger partial charge in [-0.25, -0.2) is 0 Å². The lowest BCUT2D eigenvalue weighted by Gasteiger charge is -2.41. The number of carbonyl (C=O) groups is 2. The van der Waals surface area contributed by atoms with Gasteiger partial charge in [0.05, 0.1) is 19.6 Å². The maximum atomic E-state index is 13.0. The van der Waals surface area contributed by atoms with Gasteiger partial charge in [0.1, 0.15) is 11.5 Å². The van der Waals surface area contributed by atoms with Gasteiger partial charge in [-0.15, -0.1) is 0 Å². The van der Waals surface area contributed by atoms with Crippen LogP contribution in [-0.2, 0) is 9.59 Å². The normalized spacial score (nSPS) is 23.3. The number of ketones is 1. The Bertz CT molecular complexity index is 587. The summed E-state index contributed by atoms with van der Waals surface area (Å²) >= 11 is 0. The fourth-order valence-electron chi connectivity index (χ4n) is 4.25. The first kappa shape index (κ1) is 16.0. The number of hydrogen-bond acceptors (Lipinski definition) is 3. The molecule has 1 saturated heterocycles. The van der Waals surface area contributed by atoms with E-state index in [1.165, 1.54) is 6.42 Å². The summed E-state index contributed by atoms with van der Waals surface area (Å²) in [5.74, 6) is 0.858. The fourth-order valence-corrected chi connectivity index (χ4v) is 4.25. The number of likely N-dealkylation sites (tertiary alicyclic amines) is 1. The lowest BCUT2D eigenvalue weighted by molar-refractivity contribution is -0.137. The van der Waals surface area contributed by atoms with Crippen LogP contribution in [0.1, 0.15) is 56.9 Å². The number of Topliss-reactive ketones (excluding diaryl/α,β-unsaturated/α-hetero) is 1. The Labute approximate surface area is 137 Å². The van der Waals surface area contributed by atoms with Crippen LogP contribution in [0, 0.1) is 0 Å². The molecule has 4 nitrogen and oxygen atoms in total. The van der Waals surface area contributed by atoms with Crippen LogP contribution in [0.3, 0.4) is 0 Å². The van der Waals surface area contributed by atoms with Gasteiger partial charge in [0.2, 0.25) is 5.91 Å². The Kier molecular flexibility index (Phi) is 4.42. The van der Waals surface area contributed by atoms with Gasteiger partial charge in [0.15, 0.2) is 0 Å². The van der Waals surface area contributed by atoms with Gasteiger partial charge in [0.25, 0.3) is 0 Å². The summed E-state index contributed by atoms with van der Waals surface area (Å²) in [6.45, 7) is 1.83. The van der Waals surface area contributed by atoms with Crippen molar-refractivity contribution in [2.75, 3.05) is 13.7 Å².